The van der Waals surface area contributed by atoms with Crippen molar-refractivity contribution < 1.29 is 4.79 Å². The largest absolute Gasteiger partial charge is 0.330 e. The number of carbonyl (C=O) groups excluding carboxylic acids is 1. The molecule has 4 nitrogen and oxygen atoms in total. The average molecular weight is 233 g/mol. The number of nitrogens with zero attached hydrogens (tertiary/aromatic N) is 2. The predicted octanol–water partition coefficient (Wildman–Crippen LogP) is 0.814. The van der Waals surface area contributed by atoms with Gasteiger partial charge in [-0.1, -0.05) is 18.2 Å². The molecular weight excluding hydrogens is 214 g/mol. The minimum atomic E-state index is 0.121. The maximum atomic E-state index is 12.0. The van der Waals surface area contributed by atoms with E-state index in [1.165, 1.54) is 5.56 Å². The number of fused-ring (bicyclic) bond motifs is 1. The molecule has 0 saturated carbocycles. The van der Waals surface area contributed by atoms with E-state index in [9.17, 15) is 4.79 Å². The van der Waals surface area contributed by atoms with E-state index in [1.807, 2.05) is 23.1 Å². The zero-order chi connectivity index (χ0) is 12.3. The van der Waals surface area contributed by atoms with E-state index in [0.717, 1.165) is 25.3 Å². The summed E-state index contributed by atoms with van der Waals surface area (Å²) in [5.41, 5.74) is 7.71. The molecule has 0 spiro atoms. The Morgan fingerprint density at radius 2 is 2.12 bits per heavy atom. The molecule has 17 heavy (non-hydrogen) atoms. The molecule has 0 aromatic heterocycles. The third-order valence-electron chi connectivity index (χ3n) is 3.09. The third-order valence-corrected chi connectivity index (χ3v) is 3.09. The molecule has 4 heteroatoms. The van der Waals surface area contributed by atoms with Crippen LogP contribution < -0.4 is 10.6 Å². The first-order valence-corrected chi connectivity index (χ1v) is 5.99. The van der Waals surface area contributed by atoms with Crippen LogP contribution in [-0.4, -0.2) is 37.5 Å². The fourth-order valence-corrected chi connectivity index (χ4v) is 2.19. The van der Waals surface area contributed by atoms with E-state index in [2.05, 4.69) is 18.0 Å². The van der Waals surface area contributed by atoms with E-state index >= 15 is 0 Å². The van der Waals surface area contributed by atoms with Gasteiger partial charge in [0, 0.05) is 38.3 Å². The SMILES string of the molecule is CN1CCN(C(=O)CCN)c2ccccc2C1. The molecule has 0 saturated heterocycles. The van der Waals surface area contributed by atoms with Gasteiger partial charge in [0.15, 0.2) is 0 Å². The van der Waals surface area contributed by atoms with E-state index in [-0.39, 0.29) is 5.91 Å². The second-order valence-electron chi connectivity index (χ2n) is 4.45. The first kappa shape index (κ1) is 12.1. The van der Waals surface area contributed by atoms with Gasteiger partial charge in [-0.3, -0.25) is 4.79 Å². The maximum Gasteiger partial charge on any atom is 0.228 e. The van der Waals surface area contributed by atoms with Gasteiger partial charge in [-0.2, -0.15) is 0 Å². The van der Waals surface area contributed by atoms with Crippen LogP contribution in [0.3, 0.4) is 0 Å². The topological polar surface area (TPSA) is 49.6 Å². The lowest BCUT2D eigenvalue weighted by Crippen LogP contribution is -2.36. The molecule has 2 rings (SSSR count). The number of rotatable bonds is 2. The number of benzene rings is 1. The van der Waals surface area contributed by atoms with Crippen LogP contribution in [-0.2, 0) is 11.3 Å². The van der Waals surface area contributed by atoms with Crippen molar-refractivity contribution in [2.24, 2.45) is 5.73 Å². The summed E-state index contributed by atoms with van der Waals surface area (Å²) in [5.74, 6) is 0.121. The molecule has 1 aliphatic rings. The lowest BCUT2D eigenvalue weighted by molar-refractivity contribution is -0.118. The van der Waals surface area contributed by atoms with Crippen molar-refractivity contribution in [2.45, 2.75) is 13.0 Å². The summed E-state index contributed by atoms with van der Waals surface area (Å²) < 4.78 is 0. The van der Waals surface area contributed by atoms with Crippen molar-refractivity contribution in [1.29, 1.82) is 0 Å². The Morgan fingerprint density at radius 1 is 1.35 bits per heavy atom. The van der Waals surface area contributed by atoms with Gasteiger partial charge >= 0.3 is 0 Å². The quantitative estimate of drug-likeness (QED) is 0.822. The summed E-state index contributed by atoms with van der Waals surface area (Å²) in [5, 5.41) is 0. The molecule has 1 heterocycles. The van der Waals surface area contributed by atoms with Crippen LogP contribution in [0.2, 0.25) is 0 Å². The average Bonchev–Trinajstić information content (AvgIpc) is 2.47. The normalized spacial score (nSPS) is 16.5. The zero-order valence-corrected chi connectivity index (χ0v) is 10.2. The number of likely N-dealkylation sites (N-methyl/N-ethyl adjacent to an activating group) is 1. The van der Waals surface area contributed by atoms with Gasteiger partial charge in [-0.25, -0.2) is 0 Å². The van der Waals surface area contributed by atoms with Crippen molar-refractivity contribution in [3.8, 4) is 0 Å². The lowest BCUT2D eigenvalue weighted by atomic mass is 10.1. The number of carbonyl (C=O) groups is 1. The van der Waals surface area contributed by atoms with Crippen molar-refractivity contribution >= 4 is 11.6 Å². The first-order chi connectivity index (χ1) is 8.22. The highest BCUT2D eigenvalue weighted by Crippen LogP contribution is 2.24. The first-order valence-electron chi connectivity index (χ1n) is 5.99. The van der Waals surface area contributed by atoms with Crippen molar-refractivity contribution in [1.82, 2.24) is 4.90 Å². The highest BCUT2D eigenvalue weighted by molar-refractivity contribution is 5.94. The number of nitrogens with two attached hydrogens (primary N) is 1. The third kappa shape index (κ3) is 2.65. The van der Waals surface area contributed by atoms with Crippen LogP contribution in [0.4, 0.5) is 5.69 Å². The van der Waals surface area contributed by atoms with Gasteiger partial charge in [-0.05, 0) is 18.7 Å². The molecule has 0 bridgehead atoms. The Hall–Kier alpha value is -1.39. The van der Waals surface area contributed by atoms with Crippen LogP contribution in [0.5, 0.6) is 0 Å². The van der Waals surface area contributed by atoms with Crippen LogP contribution in [0, 0.1) is 0 Å². The minimum absolute atomic E-state index is 0.121. The highest BCUT2D eigenvalue weighted by Gasteiger charge is 2.21. The second-order valence-corrected chi connectivity index (χ2v) is 4.45. The molecule has 1 aliphatic heterocycles. The summed E-state index contributed by atoms with van der Waals surface area (Å²) in [4.78, 5) is 16.1. The Kier molecular flexibility index (Phi) is 3.76. The minimum Gasteiger partial charge on any atom is -0.330 e. The van der Waals surface area contributed by atoms with E-state index < -0.39 is 0 Å². The maximum absolute atomic E-state index is 12.0. The van der Waals surface area contributed by atoms with E-state index in [4.69, 9.17) is 5.73 Å². The number of hydrogen-bond donors (Lipinski definition) is 1. The molecule has 0 fully saturated rings. The Balaban J connectivity index is 2.31. The van der Waals surface area contributed by atoms with Gasteiger partial charge in [0.25, 0.3) is 0 Å². The number of amides is 1. The lowest BCUT2D eigenvalue weighted by Gasteiger charge is -2.22. The van der Waals surface area contributed by atoms with Crippen molar-refractivity contribution in [3.63, 3.8) is 0 Å². The molecule has 0 unspecified atom stereocenters. The molecular formula is C13H19N3O. The summed E-state index contributed by atoms with van der Waals surface area (Å²) in [6, 6.07) is 8.10. The molecule has 1 amide bonds. The number of hydrogen-bond acceptors (Lipinski definition) is 3. The molecule has 92 valence electrons. The van der Waals surface area contributed by atoms with Gasteiger partial charge in [-0.15, -0.1) is 0 Å². The Bertz CT molecular complexity index is 405. The van der Waals surface area contributed by atoms with Crippen molar-refractivity contribution in [2.75, 3.05) is 31.6 Å². The zero-order valence-electron chi connectivity index (χ0n) is 10.2. The van der Waals surface area contributed by atoms with Crippen molar-refractivity contribution in [3.05, 3.63) is 29.8 Å². The van der Waals surface area contributed by atoms with Crippen LogP contribution in [0.25, 0.3) is 0 Å². The Labute approximate surface area is 102 Å². The van der Waals surface area contributed by atoms with Crippen LogP contribution in [0.1, 0.15) is 12.0 Å². The molecule has 0 radical (unpaired) electrons. The molecule has 1 aromatic carbocycles. The predicted molar refractivity (Wildman–Crippen MR) is 68.8 cm³/mol. The van der Waals surface area contributed by atoms with E-state index in [0.29, 0.717) is 13.0 Å². The Morgan fingerprint density at radius 3 is 2.88 bits per heavy atom. The standard InChI is InChI=1S/C13H19N3O/c1-15-8-9-16(13(17)6-7-14)12-5-3-2-4-11(12)10-15/h2-5H,6-10,14H2,1H3. The van der Waals surface area contributed by atoms with E-state index in [1.54, 1.807) is 0 Å². The number of para-hydroxylation sites is 1. The van der Waals surface area contributed by atoms with Gasteiger partial charge in [0.1, 0.15) is 0 Å². The van der Waals surface area contributed by atoms with Gasteiger partial charge in [0.2, 0.25) is 5.91 Å². The second kappa shape index (κ2) is 5.29. The highest BCUT2D eigenvalue weighted by atomic mass is 16.2. The summed E-state index contributed by atoms with van der Waals surface area (Å²) in [6.45, 7) is 2.94. The van der Waals surface area contributed by atoms with Crippen LogP contribution in [0.15, 0.2) is 24.3 Å². The van der Waals surface area contributed by atoms with Crippen LogP contribution >= 0.6 is 0 Å². The van der Waals surface area contributed by atoms with Gasteiger partial charge in [0.05, 0.1) is 0 Å². The number of anilines is 1. The summed E-state index contributed by atoms with van der Waals surface area (Å²) >= 11 is 0. The molecule has 1 aromatic rings. The summed E-state index contributed by atoms with van der Waals surface area (Å²) in [6.07, 6.45) is 0.415. The molecule has 2 N–H and O–H groups in total. The fraction of sp³-hybridized carbons (Fsp3) is 0.462. The fourth-order valence-electron chi connectivity index (χ4n) is 2.19. The molecule has 0 aliphatic carbocycles. The molecule has 0 atom stereocenters. The monoisotopic (exact) mass is 233 g/mol. The summed E-state index contributed by atoms with van der Waals surface area (Å²) in [7, 11) is 2.08. The smallest absolute Gasteiger partial charge is 0.228 e. The van der Waals surface area contributed by atoms with Gasteiger partial charge < -0.3 is 15.5 Å².